The number of anilines is 1. The van der Waals surface area contributed by atoms with Gasteiger partial charge < -0.3 is 4.90 Å². The molecular weight excluding hydrogens is 258 g/mol. The molecule has 0 atom stereocenters. The van der Waals surface area contributed by atoms with Gasteiger partial charge in [0, 0.05) is 18.7 Å². The first-order valence-electron chi connectivity index (χ1n) is 6.91. The predicted octanol–water partition coefficient (Wildman–Crippen LogP) is 4.42. The lowest BCUT2D eigenvalue weighted by Crippen LogP contribution is -2.38. The van der Waals surface area contributed by atoms with Gasteiger partial charge in [0.05, 0.1) is 10.7 Å². The maximum atomic E-state index is 10.7. The number of hydrogen-bond donors (Lipinski definition) is 0. The summed E-state index contributed by atoms with van der Waals surface area (Å²) in [6, 6.07) is 5.55. The lowest BCUT2D eigenvalue weighted by molar-refractivity contribution is 0.112. The lowest BCUT2D eigenvalue weighted by atomic mass is 9.75. The maximum Gasteiger partial charge on any atom is 0.150 e. The second-order valence-corrected chi connectivity index (χ2v) is 6.86. The third-order valence-electron chi connectivity index (χ3n) is 4.17. The van der Waals surface area contributed by atoms with Crippen LogP contribution in [0, 0.1) is 11.3 Å². The van der Waals surface area contributed by atoms with E-state index in [1.165, 1.54) is 12.8 Å². The molecule has 0 unspecified atom stereocenters. The molecule has 104 valence electrons. The highest BCUT2D eigenvalue weighted by molar-refractivity contribution is 6.33. The van der Waals surface area contributed by atoms with Gasteiger partial charge >= 0.3 is 0 Å². The van der Waals surface area contributed by atoms with E-state index in [0.717, 1.165) is 31.0 Å². The molecule has 2 rings (SSSR count). The van der Waals surface area contributed by atoms with Crippen LogP contribution >= 0.6 is 11.6 Å². The van der Waals surface area contributed by atoms with Crippen LogP contribution in [0.4, 0.5) is 5.69 Å². The third kappa shape index (κ3) is 3.30. The summed E-state index contributed by atoms with van der Waals surface area (Å²) in [4.78, 5) is 13.1. The average molecular weight is 280 g/mol. The van der Waals surface area contributed by atoms with Crippen LogP contribution in [0.1, 0.15) is 44.0 Å². The van der Waals surface area contributed by atoms with Gasteiger partial charge in [-0.3, -0.25) is 4.79 Å². The molecule has 1 aliphatic rings. The molecule has 0 N–H and O–H groups in total. The van der Waals surface area contributed by atoms with Crippen LogP contribution in [0.3, 0.4) is 0 Å². The molecule has 19 heavy (non-hydrogen) atoms. The van der Waals surface area contributed by atoms with E-state index in [9.17, 15) is 4.79 Å². The fourth-order valence-corrected chi connectivity index (χ4v) is 3.15. The number of aldehydes is 1. The molecule has 1 saturated heterocycles. The average Bonchev–Trinajstić information content (AvgIpc) is 2.37. The molecule has 0 spiro atoms. The molecule has 3 heteroatoms. The van der Waals surface area contributed by atoms with Crippen molar-refractivity contribution in [3.05, 3.63) is 28.8 Å². The second kappa shape index (κ2) is 5.54. The SMILES string of the molecule is CC(C)(C)C1CCN(c2ccc(C=O)cc2Cl)CC1. The Hall–Kier alpha value is -1.02. The summed E-state index contributed by atoms with van der Waals surface area (Å²) < 4.78 is 0. The Labute approximate surface area is 120 Å². The van der Waals surface area contributed by atoms with Gasteiger partial charge in [-0.15, -0.1) is 0 Å². The lowest BCUT2D eigenvalue weighted by Gasteiger charge is -2.40. The van der Waals surface area contributed by atoms with E-state index in [-0.39, 0.29) is 0 Å². The van der Waals surface area contributed by atoms with E-state index >= 15 is 0 Å². The second-order valence-electron chi connectivity index (χ2n) is 6.46. The van der Waals surface area contributed by atoms with Gasteiger partial charge in [-0.1, -0.05) is 32.4 Å². The van der Waals surface area contributed by atoms with E-state index in [1.807, 2.05) is 12.1 Å². The van der Waals surface area contributed by atoms with Gasteiger partial charge in [-0.2, -0.15) is 0 Å². The Kier molecular flexibility index (Phi) is 4.19. The van der Waals surface area contributed by atoms with E-state index in [0.29, 0.717) is 16.0 Å². The third-order valence-corrected chi connectivity index (χ3v) is 4.47. The molecule has 1 aliphatic heterocycles. The maximum absolute atomic E-state index is 10.7. The van der Waals surface area contributed by atoms with E-state index in [4.69, 9.17) is 11.6 Å². The molecule has 2 nitrogen and oxygen atoms in total. The fourth-order valence-electron chi connectivity index (χ4n) is 2.84. The number of rotatable bonds is 2. The quantitative estimate of drug-likeness (QED) is 0.747. The first-order valence-corrected chi connectivity index (χ1v) is 7.29. The van der Waals surface area contributed by atoms with Gasteiger partial charge in [0.15, 0.2) is 0 Å². The number of nitrogens with zero attached hydrogens (tertiary/aromatic N) is 1. The monoisotopic (exact) mass is 279 g/mol. The topological polar surface area (TPSA) is 20.3 Å². The number of carbonyl (C=O) groups excluding carboxylic acids is 1. The molecule has 0 radical (unpaired) electrons. The Bertz CT molecular complexity index is 456. The highest BCUT2D eigenvalue weighted by Gasteiger charge is 2.29. The van der Waals surface area contributed by atoms with Crippen LogP contribution in [-0.4, -0.2) is 19.4 Å². The van der Waals surface area contributed by atoms with Gasteiger partial charge in [0.1, 0.15) is 6.29 Å². The van der Waals surface area contributed by atoms with Gasteiger partial charge in [0.2, 0.25) is 0 Å². The van der Waals surface area contributed by atoms with Crippen LogP contribution in [0.5, 0.6) is 0 Å². The molecule has 1 aromatic rings. The minimum atomic E-state index is 0.386. The fraction of sp³-hybridized carbons (Fsp3) is 0.562. The standard InChI is InChI=1S/C16H22ClNO/c1-16(2,3)13-6-8-18(9-7-13)15-5-4-12(11-19)10-14(15)17/h4-5,10-11,13H,6-9H2,1-3H3. The first kappa shape index (κ1) is 14.4. The normalized spacial score (nSPS) is 17.6. The van der Waals surface area contributed by atoms with Crippen LogP contribution in [0.15, 0.2) is 18.2 Å². The Morgan fingerprint density at radius 3 is 2.37 bits per heavy atom. The molecule has 1 fully saturated rings. The molecule has 0 aromatic heterocycles. The molecule has 1 aromatic carbocycles. The zero-order valence-corrected chi connectivity index (χ0v) is 12.7. The minimum absolute atomic E-state index is 0.386. The van der Waals surface area contributed by atoms with Crippen molar-refractivity contribution in [2.45, 2.75) is 33.6 Å². The summed E-state index contributed by atoms with van der Waals surface area (Å²) in [5, 5.41) is 0.679. The largest absolute Gasteiger partial charge is 0.370 e. The zero-order chi connectivity index (χ0) is 14.0. The summed E-state index contributed by atoms with van der Waals surface area (Å²) in [7, 11) is 0. The number of piperidine rings is 1. The Morgan fingerprint density at radius 1 is 1.26 bits per heavy atom. The number of hydrogen-bond acceptors (Lipinski definition) is 2. The van der Waals surface area contributed by atoms with Gasteiger partial charge in [-0.05, 0) is 42.4 Å². The van der Waals surface area contributed by atoms with Crippen molar-refractivity contribution >= 4 is 23.6 Å². The van der Waals surface area contributed by atoms with E-state index < -0.39 is 0 Å². The van der Waals surface area contributed by atoms with Crippen LogP contribution in [0.25, 0.3) is 0 Å². The van der Waals surface area contributed by atoms with E-state index in [1.54, 1.807) is 6.07 Å². The first-order chi connectivity index (χ1) is 8.91. The minimum Gasteiger partial charge on any atom is -0.370 e. The van der Waals surface area contributed by atoms with Gasteiger partial charge in [-0.25, -0.2) is 0 Å². The van der Waals surface area contributed by atoms with Crippen molar-refractivity contribution < 1.29 is 4.79 Å². The van der Waals surface area contributed by atoms with E-state index in [2.05, 4.69) is 25.7 Å². The molecule has 1 heterocycles. The highest BCUT2D eigenvalue weighted by atomic mass is 35.5. The Morgan fingerprint density at radius 2 is 1.89 bits per heavy atom. The zero-order valence-electron chi connectivity index (χ0n) is 11.9. The summed E-state index contributed by atoms with van der Waals surface area (Å²) in [6.45, 7) is 9.04. The van der Waals surface area contributed by atoms with Crippen LogP contribution < -0.4 is 4.90 Å². The van der Waals surface area contributed by atoms with Gasteiger partial charge in [0.25, 0.3) is 0 Å². The van der Waals surface area contributed by atoms with Crippen molar-refractivity contribution in [1.29, 1.82) is 0 Å². The number of carbonyl (C=O) groups is 1. The molecule has 0 amide bonds. The van der Waals surface area contributed by atoms with Crippen molar-refractivity contribution in [3.63, 3.8) is 0 Å². The van der Waals surface area contributed by atoms with Crippen molar-refractivity contribution in [1.82, 2.24) is 0 Å². The Balaban J connectivity index is 2.08. The summed E-state index contributed by atoms with van der Waals surface area (Å²) in [5.41, 5.74) is 2.08. The molecule has 0 aliphatic carbocycles. The predicted molar refractivity (Wildman–Crippen MR) is 81.2 cm³/mol. The summed E-state index contributed by atoms with van der Waals surface area (Å²) in [6.07, 6.45) is 3.24. The smallest absolute Gasteiger partial charge is 0.150 e. The summed E-state index contributed by atoms with van der Waals surface area (Å²) in [5.74, 6) is 0.775. The number of halogens is 1. The van der Waals surface area contributed by atoms with Crippen molar-refractivity contribution in [2.24, 2.45) is 11.3 Å². The van der Waals surface area contributed by atoms with Crippen LogP contribution in [-0.2, 0) is 0 Å². The van der Waals surface area contributed by atoms with Crippen molar-refractivity contribution in [2.75, 3.05) is 18.0 Å². The van der Waals surface area contributed by atoms with Crippen molar-refractivity contribution in [3.8, 4) is 0 Å². The highest BCUT2D eigenvalue weighted by Crippen LogP contribution is 2.37. The summed E-state index contributed by atoms with van der Waals surface area (Å²) >= 11 is 6.27. The molecular formula is C16H22ClNO. The van der Waals surface area contributed by atoms with Crippen LogP contribution in [0.2, 0.25) is 5.02 Å². The number of benzene rings is 1. The molecule has 0 saturated carbocycles. The molecule has 0 bridgehead atoms.